The van der Waals surface area contributed by atoms with Gasteiger partial charge < -0.3 is 5.73 Å². The van der Waals surface area contributed by atoms with Crippen LogP contribution in [-0.4, -0.2) is 43.7 Å². The van der Waals surface area contributed by atoms with E-state index in [1.165, 1.54) is 11.2 Å². The highest BCUT2D eigenvalue weighted by Crippen LogP contribution is 2.26. The van der Waals surface area contributed by atoms with Crippen LogP contribution in [0.15, 0.2) is 6.33 Å². The monoisotopic (exact) mass is 247 g/mol. The van der Waals surface area contributed by atoms with Gasteiger partial charge in [0, 0.05) is 13.0 Å². The molecule has 0 aromatic carbocycles. The summed E-state index contributed by atoms with van der Waals surface area (Å²) in [4.78, 5) is 32.3. The van der Waals surface area contributed by atoms with E-state index in [0.717, 1.165) is 0 Å². The van der Waals surface area contributed by atoms with Gasteiger partial charge in [0.25, 0.3) is 0 Å². The maximum Gasteiger partial charge on any atom is 0.229 e. The summed E-state index contributed by atoms with van der Waals surface area (Å²) in [7, 11) is 0. The van der Waals surface area contributed by atoms with Gasteiger partial charge in [0.2, 0.25) is 17.5 Å². The summed E-state index contributed by atoms with van der Waals surface area (Å²) in [5.41, 5.74) is 5.98. The Bertz CT molecular complexity index is 637. The van der Waals surface area contributed by atoms with Crippen molar-refractivity contribution in [1.29, 1.82) is 0 Å². The average Bonchev–Trinajstić information content (AvgIpc) is 2.94. The lowest BCUT2D eigenvalue weighted by atomic mass is 10.1. The molecule has 0 aliphatic carbocycles. The molecule has 9 nitrogen and oxygen atoms in total. The number of fused-ring (bicyclic) bond motifs is 1. The number of amides is 2. The number of aromatic amines is 1. The first-order chi connectivity index (χ1) is 8.66. The molecule has 3 N–H and O–H groups in total. The fraction of sp³-hybridized carbons (Fsp3) is 0.333. The predicted octanol–water partition coefficient (Wildman–Crippen LogP) is -1.41. The smallest absolute Gasteiger partial charge is 0.229 e. The molecule has 2 aromatic heterocycles. The summed E-state index contributed by atoms with van der Waals surface area (Å²) in [5, 5.41) is 10.1. The number of hydrogen-bond donors (Lipinski definition) is 2. The van der Waals surface area contributed by atoms with Gasteiger partial charge in [-0.05, 0) is 0 Å². The van der Waals surface area contributed by atoms with E-state index in [0.29, 0.717) is 17.0 Å². The van der Waals surface area contributed by atoms with Crippen molar-refractivity contribution in [1.82, 2.24) is 25.4 Å². The lowest BCUT2D eigenvalue weighted by Gasteiger charge is -2.14. The van der Waals surface area contributed by atoms with E-state index in [9.17, 15) is 9.59 Å². The van der Waals surface area contributed by atoms with Crippen molar-refractivity contribution in [3.05, 3.63) is 6.33 Å². The molecule has 0 bridgehead atoms. The van der Waals surface area contributed by atoms with Crippen molar-refractivity contribution in [3.8, 4) is 0 Å². The average molecular weight is 247 g/mol. The molecule has 2 amide bonds. The highest BCUT2D eigenvalue weighted by molar-refractivity contribution is 6.03. The van der Waals surface area contributed by atoms with E-state index in [1.54, 1.807) is 0 Å². The van der Waals surface area contributed by atoms with Gasteiger partial charge in [0.1, 0.15) is 6.33 Å². The Labute approximate surface area is 100 Å². The first-order valence-electron chi connectivity index (χ1n) is 5.28. The number of hydrogen-bond acceptors (Lipinski definition) is 6. The van der Waals surface area contributed by atoms with Crippen molar-refractivity contribution in [2.24, 2.45) is 11.7 Å². The molecule has 2 aromatic rings. The van der Waals surface area contributed by atoms with Crippen molar-refractivity contribution >= 4 is 28.8 Å². The molecule has 1 aliphatic heterocycles. The highest BCUT2D eigenvalue weighted by Gasteiger charge is 2.35. The maximum absolute atomic E-state index is 11.9. The van der Waals surface area contributed by atoms with Crippen LogP contribution < -0.4 is 10.6 Å². The van der Waals surface area contributed by atoms with Gasteiger partial charge >= 0.3 is 0 Å². The zero-order chi connectivity index (χ0) is 12.7. The van der Waals surface area contributed by atoms with E-state index < -0.39 is 11.8 Å². The molecule has 3 heterocycles. The van der Waals surface area contributed by atoms with Gasteiger partial charge in [-0.15, -0.1) is 5.10 Å². The van der Waals surface area contributed by atoms with Gasteiger partial charge in [-0.25, -0.2) is 9.97 Å². The largest absolute Gasteiger partial charge is 0.369 e. The molecular weight excluding hydrogens is 238 g/mol. The minimum absolute atomic E-state index is 0.0959. The number of nitrogens with one attached hydrogen (secondary N) is 1. The molecule has 0 radical (unpaired) electrons. The summed E-state index contributed by atoms with van der Waals surface area (Å²) in [5.74, 6) is -0.838. The SMILES string of the molecule is NC(=O)C1CC(=O)N(c2ncnc3n[nH]nc23)C1. The van der Waals surface area contributed by atoms with Gasteiger partial charge in [0.15, 0.2) is 11.3 Å². The van der Waals surface area contributed by atoms with Crippen LogP contribution in [0.5, 0.6) is 0 Å². The number of anilines is 1. The van der Waals surface area contributed by atoms with Gasteiger partial charge in [-0.3, -0.25) is 14.5 Å². The number of H-pyrrole nitrogens is 1. The molecule has 0 saturated carbocycles. The third kappa shape index (κ3) is 1.48. The second kappa shape index (κ2) is 3.72. The summed E-state index contributed by atoms with van der Waals surface area (Å²) < 4.78 is 0. The summed E-state index contributed by atoms with van der Waals surface area (Å²) in [6.45, 7) is 0.215. The zero-order valence-corrected chi connectivity index (χ0v) is 9.20. The number of primary amides is 1. The van der Waals surface area contributed by atoms with Crippen LogP contribution in [0, 0.1) is 5.92 Å². The Balaban J connectivity index is 2.03. The zero-order valence-electron chi connectivity index (χ0n) is 9.20. The minimum atomic E-state index is -0.491. The Morgan fingerprint density at radius 3 is 3.00 bits per heavy atom. The van der Waals surface area contributed by atoms with Gasteiger partial charge in [-0.1, -0.05) is 0 Å². The molecule has 1 fully saturated rings. The molecule has 92 valence electrons. The van der Waals surface area contributed by atoms with E-state index >= 15 is 0 Å². The van der Waals surface area contributed by atoms with Crippen molar-refractivity contribution < 1.29 is 9.59 Å². The molecule has 0 spiro atoms. The quantitative estimate of drug-likeness (QED) is 0.670. The van der Waals surface area contributed by atoms with E-state index in [-0.39, 0.29) is 18.9 Å². The Morgan fingerprint density at radius 1 is 1.44 bits per heavy atom. The fourth-order valence-corrected chi connectivity index (χ4v) is 1.97. The molecule has 9 heteroatoms. The van der Waals surface area contributed by atoms with Crippen molar-refractivity contribution in [3.63, 3.8) is 0 Å². The molecule has 3 rings (SSSR count). The lowest BCUT2D eigenvalue weighted by Crippen LogP contribution is -2.29. The fourth-order valence-electron chi connectivity index (χ4n) is 1.97. The molecule has 1 saturated heterocycles. The van der Waals surface area contributed by atoms with Gasteiger partial charge in [0.05, 0.1) is 5.92 Å². The summed E-state index contributed by atoms with van der Waals surface area (Å²) >= 11 is 0. The number of rotatable bonds is 2. The van der Waals surface area contributed by atoms with Crippen LogP contribution in [0.25, 0.3) is 11.2 Å². The highest BCUT2D eigenvalue weighted by atomic mass is 16.2. The lowest BCUT2D eigenvalue weighted by molar-refractivity contribution is -0.123. The third-order valence-corrected chi connectivity index (χ3v) is 2.88. The second-order valence-electron chi connectivity index (χ2n) is 4.00. The van der Waals surface area contributed by atoms with Crippen LogP contribution in [0.2, 0.25) is 0 Å². The van der Waals surface area contributed by atoms with Crippen LogP contribution in [-0.2, 0) is 9.59 Å². The third-order valence-electron chi connectivity index (χ3n) is 2.88. The van der Waals surface area contributed by atoms with Crippen LogP contribution in [0.4, 0.5) is 5.82 Å². The number of carbonyl (C=O) groups is 2. The molecule has 1 aliphatic rings. The maximum atomic E-state index is 11.9. The van der Waals surface area contributed by atoms with Crippen LogP contribution >= 0.6 is 0 Å². The Hall–Kier alpha value is -2.58. The first kappa shape index (κ1) is 10.6. The topological polar surface area (TPSA) is 131 Å². The number of carbonyl (C=O) groups excluding carboxylic acids is 2. The predicted molar refractivity (Wildman–Crippen MR) is 59.1 cm³/mol. The van der Waals surface area contributed by atoms with Crippen molar-refractivity contribution in [2.75, 3.05) is 11.4 Å². The van der Waals surface area contributed by atoms with E-state index in [1.807, 2.05) is 0 Å². The molecule has 1 unspecified atom stereocenters. The number of nitrogens with two attached hydrogens (primary N) is 1. The minimum Gasteiger partial charge on any atom is -0.369 e. The normalized spacial score (nSPS) is 19.7. The van der Waals surface area contributed by atoms with E-state index in [4.69, 9.17) is 5.73 Å². The Morgan fingerprint density at radius 2 is 2.28 bits per heavy atom. The van der Waals surface area contributed by atoms with E-state index in [2.05, 4.69) is 25.4 Å². The first-order valence-corrected chi connectivity index (χ1v) is 5.28. The number of nitrogens with zero attached hydrogens (tertiary/aromatic N) is 5. The van der Waals surface area contributed by atoms with Crippen molar-refractivity contribution in [2.45, 2.75) is 6.42 Å². The van der Waals surface area contributed by atoms with Gasteiger partial charge in [-0.2, -0.15) is 10.3 Å². The number of aromatic nitrogens is 5. The molecule has 1 atom stereocenters. The molecule has 18 heavy (non-hydrogen) atoms. The van der Waals surface area contributed by atoms with Crippen LogP contribution in [0.3, 0.4) is 0 Å². The summed E-state index contributed by atoms with van der Waals surface area (Å²) in [6.07, 6.45) is 1.39. The molecular formula is C9H9N7O2. The summed E-state index contributed by atoms with van der Waals surface area (Å²) in [6, 6.07) is 0. The second-order valence-corrected chi connectivity index (χ2v) is 4.00. The standard InChI is InChI=1S/C9H9N7O2/c10-7(18)4-1-5(17)16(2-4)9-6-8(11-3-12-9)14-15-13-6/h3-4H,1-2H2,(H2,10,18)(H,11,12,13,14,15). The van der Waals surface area contributed by atoms with Crippen LogP contribution in [0.1, 0.15) is 6.42 Å². The Kier molecular flexibility index (Phi) is 2.18.